The third kappa shape index (κ3) is 3.73. The van der Waals surface area contributed by atoms with Crippen LogP contribution in [0.25, 0.3) is 0 Å². The molecule has 0 spiro atoms. The van der Waals surface area contributed by atoms with Crippen LogP contribution in [0.3, 0.4) is 0 Å². The fourth-order valence-electron chi connectivity index (χ4n) is 2.93. The molecule has 0 saturated carbocycles. The Morgan fingerprint density at radius 3 is 2.60 bits per heavy atom. The standard InChI is InChI=1S/C19H28O/c1-4-19(20)17-8-6-5-7-16(11-12-17)18-10-9-14(2)15(3)13-18/h9-15,19-20H,4-8H2,1-3H3. The molecule has 2 rings (SSSR count). The van der Waals surface area contributed by atoms with Gasteiger partial charge in [-0.25, -0.2) is 0 Å². The van der Waals surface area contributed by atoms with Gasteiger partial charge >= 0.3 is 0 Å². The zero-order valence-corrected chi connectivity index (χ0v) is 13.1. The first-order valence-electron chi connectivity index (χ1n) is 8.10. The van der Waals surface area contributed by atoms with Crippen molar-refractivity contribution in [1.29, 1.82) is 0 Å². The molecule has 0 fully saturated rings. The summed E-state index contributed by atoms with van der Waals surface area (Å²) in [4.78, 5) is 0. The molecule has 20 heavy (non-hydrogen) atoms. The van der Waals surface area contributed by atoms with Gasteiger partial charge in [-0.3, -0.25) is 0 Å². The van der Waals surface area contributed by atoms with Crippen LogP contribution in [0.5, 0.6) is 0 Å². The van der Waals surface area contributed by atoms with E-state index in [0.717, 1.165) is 19.3 Å². The van der Waals surface area contributed by atoms with Crippen molar-refractivity contribution in [2.75, 3.05) is 0 Å². The monoisotopic (exact) mass is 272 g/mol. The Balaban J connectivity index is 2.22. The van der Waals surface area contributed by atoms with Crippen molar-refractivity contribution in [2.24, 2.45) is 11.8 Å². The van der Waals surface area contributed by atoms with Gasteiger partial charge in [0, 0.05) is 0 Å². The van der Waals surface area contributed by atoms with Gasteiger partial charge in [-0.1, -0.05) is 51.2 Å². The maximum absolute atomic E-state index is 10.0. The van der Waals surface area contributed by atoms with Crippen LogP contribution in [-0.4, -0.2) is 11.2 Å². The largest absolute Gasteiger partial charge is 0.389 e. The van der Waals surface area contributed by atoms with Crippen LogP contribution in [0.4, 0.5) is 0 Å². The molecule has 1 nitrogen and oxygen atoms in total. The topological polar surface area (TPSA) is 20.2 Å². The lowest BCUT2D eigenvalue weighted by atomic mass is 9.84. The molecule has 0 aromatic heterocycles. The predicted molar refractivity (Wildman–Crippen MR) is 86.5 cm³/mol. The van der Waals surface area contributed by atoms with Gasteiger partial charge in [0.05, 0.1) is 6.10 Å². The quantitative estimate of drug-likeness (QED) is 0.770. The third-order valence-electron chi connectivity index (χ3n) is 4.70. The molecule has 0 saturated heterocycles. The number of rotatable bonds is 3. The molecule has 2 aliphatic carbocycles. The third-order valence-corrected chi connectivity index (χ3v) is 4.70. The van der Waals surface area contributed by atoms with Crippen LogP contribution in [0.1, 0.15) is 52.9 Å². The minimum absolute atomic E-state index is 0.263. The first-order valence-corrected chi connectivity index (χ1v) is 8.10. The second kappa shape index (κ2) is 7.08. The Morgan fingerprint density at radius 2 is 1.90 bits per heavy atom. The van der Waals surface area contributed by atoms with Crippen molar-refractivity contribution in [3.05, 3.63) is 47.1 Å². The molecule has 3 atom stereocenters. The lowest BCUT2D eigenvalue weighted by molar-refractivity contribution is 0.201. The van der Waals surface area contributed by atoms with Crippen molar-refractivity contribution in [3.63, 3.8) is 0 Å². The van der Waals surface area contributed by atoms with E-state index in [1.807, 2.05) is 6.92 Å². The highest BCUT2D eigenvalue weighted by Crippen LogP contribution is 2.30. The van der Waals surface area contributed by atoms with E-state index >= 15 is 0 Å². The smallest absolute Gasteiger partial charge is 0.0750 e. The predicted octanol–water partition coefficient (Wildman–Crippen LogP) is 4.95. The highest BCUT2D eigenvalue weighted by Gasteiger charge is 2.15. The summed E-state index contributed by atoms with van der Waals surface area (Å²) in [7, 11) is 0. The highest BCUT2D eigenvalue weighted by molar-refractivity contribution is 5.44. The van der Waals surface area contributed by atoms with Crippen LogP contribution in [0, 0.1) is 11.8 Å². The van der Waals surface area contributed by atoms with Gasteiger partial charge < -0.3 is 5.11 Å². The zero-order valence-electron chi connectivity index (χ0n) is 13.1. The van der Waals surface area contributed by atoms with Crippen LogP contribution >= 0.6 is 0 Å². The summed E-state index contributed by atoms with van der Waals surface area (Å²) in [5.74, 6) is 1.26. The Bertz CT molecular complexity index is 450. The maximum Gasteiger partial charge on any atom is 0.0750 e. The maximum atomic E-state index is 10.0. The Kier molecular flexibility index (Phi) is 5.42. The van der Waals surface area contributed by atoms with Gasteiger partial charge in [0.25, 0.3) is 0 Å². The fourth-order valence-corrected chi connectivity index (χ4v) is 2.93. The molecule has 2 aliphatic rings. The van der Waals surface area contributed by atoms with Gasteiger partial charge in [-0.15, -0.1) is 0 Å². The normalized spacial score (nSPS) is 28.9. The van der Waals surface area contributed by atoms with Gasteiger partial charge in [0.1, 0.15) is 0 Å². The number of aliphatic hydroxyl groups is 1. The zero-order chi connectivity index (χ0) is 14.5. The molecule has 0 radical (unpaired) electrons. The van der Waals surface area contributed by atoms with E-state index in [9.17, 15) is 5.11 Å². The summed E-state index contributed by atoms with van der Waals surface area (Å²) in [5.41, 5.74) is 4.02. The SMILES string of the molecule is CCC(O)C1=CC=C(C2=CC(C)C(C)C=C2)CCCC1. The summed E-state index contributed by atoms with van der Waals surface area (Å²) in [6.07, 6.45) is 16.6. The Labute approximate surface area is 123 Å². The first-order chi connectivity index (χ1) is 9.61. The Morgan fingerprint density at radius 1 is 1.15 bits per heavy atom. The molecule has 0 aromatic rings. The average molecular weight is 272 g/mol. The van der Waals surface area contributed by atoms with E-state index in [2.05, 4.69) is 44.2 Å². The number of allylic oxidation sites excluding steroid dienone is 7. The molecule has 0 aromatic carbocycles. The minimum Gasteiger partial charge on any atom is -0.389 e. The lowest BCUT2D eigenvalue weighted by Crippen LogP contribution is -2.10. The van der Waals surface area contributed by atoms with Crippen molar-refractivity contribution in [3.8, 4) is 0 Å². The second-order valence-electron chi connectivity index (χ2n) is 6.26. The Hall–Kier alpha value is -1.08. The fraction of sp³-hybridized carbons (Fsp3) is 0.579. The number of hydrogen-bond acceptors (Lipinski definition) is 1. The lowest BCUT2D eigenvalue weighted by Gasteiger charge is -2.22. The summed E-state index contributed by atoms with van der Waals surface area (Å²) >= 11 is 0. The summed E-state index contributed by atoms with van der Waals surface area (Å²) in [6, 6.07) is 0. The molecule has 0 aliphatic heterocycles. The van der Waals surface area contributed by atoms with Crippen LogP contribution in [0.15, 0.2) is 47.1 Å². The molecule has 1 heteroatoms. The van der Waals surface area contributed by atoms with Gasteiger partial charge in [-0.05, 0) is 60.7 Å². The van der Waals surface area contributed by atoms with Gasteiger partial charge in [0.2, 0.25) is 0 Å². The molecule has 0 bridgehead atoms. The highest BCUT2D eigenvalue weighted by atomic mass is 16.3. The van der Waals surface area contributed by atoms with Gasteiger partial charge in [-0.2, -0.15) is 0 Å². The van der Waals surface area contributed by atoms with Gasteiger partial charge in [0.15, 0.2) is 0 Å². The van der Waals surface area contributed by atoms with Crippen molar-refractivity contribution >= 4 is 0 Å². The van der Waals surface area contributed by atoms with E-state index in [4.69, 9.17) is 0 Å². The molecular formula is C19H28O. The average Bonchev–Trinajstić information content (AvgIpc) is 2.41. The van der Waals surface area contributed by atoms with E-state index in [-0.39, 0.29) is 6.10 Å². The van der Waals surface area contributed by atoms with E-state index in [1.54, 1.807) is 0 Å². The number of hydrogen-bond donors (Lipinski definition) is 1. The van der Waals surface area contributed by atoms with Crippen molar-refractivity contribution in [1.82, 2.24) is 0 Å². The summed E-state index contributed by atoms with van der Waals surface area (Å²) in [6.45, 7) is 6.61. The van der Waals surface area contributed by atoms with Crippen LogP contribution < -0.4 is 0 Å². The number of aliphatic hydroxyl groups excluding tert-OH is 1. The molecule has 0 amide bonds. The summed E-state index contributed by atoms with van der Waals surface area (Å²) < 4.78 is 0. The van der Waals surface area contributed by atoms with Crippen LogP contribution in [-0.2, 0) is 0 Å². The van der Waals surface area contributed by atoms with E-state index < -0.39 is 0 Å². The molecular weight excluding hydrogens is 244 g/mol. The van der Waals surface area contributed by atoms with Crippen LogP contribution in [0.2, 0.25) is 0 Å². The molecule has 110 valence electrons. The first kappa shape index (κ1) is 15.3. The molecule has 0 heterocycles. The molecule has 3 unspecified atom stereocenters. The molecule has 1 N–H and O–H groups in total. The van der Waals surface area contributed by atoms with Crippen molar-refractivity contribution < 1.29 is 5.11 Å². The second-order valence-corrected chi connectivity index (χ2v) is 6.26. The van der Waals surface area contributed by atoms with E-state index in [1.165, 1.54) is 29.6 Å². The minimum atomic E-state index is -0.263. The van der Waals surface area contributed by atoms with Crippen molar-refractivity contribution in [2.45, 2.75) is 59.0 Å². The summed E-state index contributed by atoms with van der Waals surface area (Å²) in [5, 5.41) is 10.0. The van der Waals surface area contributed by atoms with E-state index in [0.29, 0.717) is 11.8 Å².